The van der Waals surface area contributed by atoms with Gasteiger partial charge in [0.1, 0.15) is 16.8 Å². The Hall–Kier alpha value is -2.25. The van der Waals surface area contributed by atoms with Crippen LogP contribution in [0.1, 0.15) is 18.9 Å². The second-order valence-corrected chi connectivity index (χ2v) is 8.65. The van der Waals surface area contributed by atoms with Gasteiger partial charge in [0.15, 0.2) is 0 Å². The average Bonchev–Trinajstić information content (AvgIpc) is 3.08. The molecule has 0 bridgehead atoms. The highest BCUT2D eigenvalue weighted by molar-refractivity contribution is 7.89. The number of amides is 1. The number of hydrogen-bond acceptors (Lipinski definition) is 3. The second-order valence-electron chi connectivity index (χ2n) is 6.97. The summed E-state index contributed by atoms with van der Waals surface area (Å²) in [7, 11) is -4.17. The lowest BCUT2D eigenvalue weighted by Crippen LogP contribution is -2.49. The standard InChI is InChI=1S/C20H23FN2O3S/c1-15-11-12-23(14-15)20(24)18(13-16-7-3-2-4-8-16)22-27(25,26)19-10-6-5-9-17(19)21/h2-10,15,18,22H,11-14H2,1H3/t15?,18-/m0/s1. The lowest BCUT2D eigenvalue weighted by molar-refractivity contribution is -0.132. The molecule has 1 fully saturated rings. The van der Waals surface area contributed by atoms with Crippen molar-refractivity contribution in [2.45, 2.75) is 30.7 Å². The Kier molecular flexibility index (Phi) is 5.92. The molecule has 7 heteroatoms. The fourth-order valence-corrected chi connectivity index (χ4v) is 4.57. The van der Waals surface area contributed by atoms with Gasteiger partial charge in [0.2, 0.25) is 15.9 Å². The Balaban J connectivity index is 1.87. The third kappa shape index (κ3) is 4.73. The Morgan fingerprint density at radius 1 is 1.19 bits per heavy atom. The van der Waals surface area contributed by atoms with Crippen molar-refractivity contribution >= 4 is 15.9 Å². The number of sulfonamides is 1. The largest absolute Gasteiger partial charge is 0.341 e. The van der Waals surface area contributed by atoms with Crippen LogP contribution < -0.4 is 4.72 Å². The monoisotopic (exact) mass is 390 g/mol. The van der Waals surface area contributed by atoms with E-state index in [1.165, 1.54) is 18.2 Å². The van der Waals surface area contributed by atoms with E-state index in [1.54, 1.807) is 4.90 Å². The predicted molar refractivity (Wildman–Crippen MR) is 101 cm³/mol. The van der Waals surface area contributed by atoms with Gasteiger partial charge < -0.3 is 4.90 Å². The Labute approximate surface area is 159 Å². The van der Waals surface area contributed by atoms with Crippen molar-refractivity contribution in [1.29, 1.82) is 0 Å². The van der Waals surface area contributed by atoms with E-state index in [0.717, 1.165) is 18.1 Å². The number of likely N-dealkylation sites (tertiary alicyclic amines) is 1. The van der Waals surface area contributed by atoms with Crippen molar-refractivity contribution < 1.29 is 17.6 Å². The van der Waals surface area contributed by atoms with Crippen LogP contribution in [0.25, 0.3) is 0 Å². The third-order valence-corrected chi connectivity index (χ3v) is 6.24. The van der Waals surface area contributed by atoms with E-state index in [4.69, 9.17) is 0 Å². The zero-order chi connectivity index (χ0) is 19.4. The maximum Gasteiger partial charge on any atom is 0.244 e. The van der Waals surface area contributed by atoms with Gasteiger partial charge in [-0.05, 0) is 36.5 Å². The van der Waals surface area contributed by atoms with Crippen LogP contribution in [0.3, 0.4) is 0 Å². The van der Waals surface area contributed by atoms with E-state index in [2.05, 4.69) is 11.6 Å². The molecule has 27 heavy (non-hydrogen) atoms. The Bertz CT molecular complexity index is 902. The summed E-state index contributed by atoms with van der Waals surface area (Å²) in [6.45, 7) is 3.27. The molecule has 2 aromatic rings. The van der Waals surface area contributed by atoms with E-state index in [-0.39, 0.29) is 12.3 Å². The van der Waals surface area contributed by atoms with Gasteiger partial charge >= 0.3 is 0 Å². The molecule has 144 valence electrons. The summed E-state index contributed by atoms with van der Waals surface area (Å²) in [5.41, 5.74) is 0.833. The summed E-state index contributed by atoms with van der Waals surface area (Å²) in [6.07, 6.45) is 1.10. The van der Waals surface area contributed by atoms with Crippen LogP contribution >= 0.6 is 0 Å². The summed E-state index contributed by atoms with van der Waals surface area (Å²) >= 11 is 0. The van der Waals surface area contributed by atoms with Gasteiger partial charge in [-0.3, -0.25) is 4.79 Å². The maximum atomic E-state index is 14.0. The summed E-state index contributed by atoms with van der Waals surface area (Å²) in [6, 6.07) is 13.4. The molecule has 1 aliphatic heterocycles. The minimum absolute atomic E-state index is 0.207. The van der Waals surface area contributed by atoms with Crippen LogP contribution in [0.2, 0.25) is 0 Å². The molecule has 0 aromatic heterocycles. The first-order valence-electron chi connectivity index (χ1n) is 8.96. The first-order chi connectivity index (χ1) is 12.9. The van der Waals surface area contributed by atoms with Crippen LogP contribution in [-0.2, 0) is 21.2 Å². The van der Waals surface area contributed by atoms with Crippen molar-refractivity contribution in [2.24, 2.45) is 5.92 Å². The topological polar surface area (TPSA) is 66.5 Å². The minimum atomic E-state index is -4.17. The molecular formula is C20H23FN2O3S. The number of halogens is 1. The van der Waals surface area contributed by atoms with E-state index in [1.807, 2.05) is 30.3 Å². The van der Waals surface area contributed by atoms with Crippen molar-refractivity contribution in [3.8, 4) is 0 Å². The zero-order valence-electron chi connectivity index (χ0n) is 15.1. The molecule has 1 amide bonds. The van der Waals surface area contributed by atoms with E-state index in [0.29, 0.717) is 19.0 Å². The summed E-state index contributed by atoms with van der Waals surface area (Å²) < 4.78 is 41.9. The minimum Gasteiger partial charge on any atom is -0.341 e. The summed E-state index contributed by atoms with van der Waals surface area (Å²) in [4.78, 5) is 14.2. The first-order valence-corrected chi connectivity index (χ1v) is 10.4. The van der Waals surface area contributed by atoms with E-state index < -0.39 is 26.8 Å². The number of nitrogens with zero attached hydrogens (tertiary/aromatic N) is 1. The van der Waals surface area contributed by atoms with Crippen molar-refractivity contribution in [3.63, 3.8) is 0 Å². The number of hydrogen-bond donors (Lipinski definition) is 1. The number of carbonyl (C=O) groups excluding carboxylic acids is 1. The van der Waals surface area contributed by atoms with Gasteiger partial charge in [0, 0.05) is 13.1 Å². The molecule has 2 aromatic carbocycles. The van der Waals surface area contributed by atoms with Gasteiger partial charge in [-0.15, -0.1) is 0 Å². The summed E-state index contributed by atoms with van der Waals surface area (Å²) in [5, 5.41) is 0. The average molecular weight is 390 g/mol. The molecule has 0 spiro atoms. The number of benzene rings is 2. The predicted octanol–water partition coefficient (Wildman–Crippen LogP) is 2.58. The lowest BCUT2D eigenvalue weighted by Gasteiger charge is -2.24. The molecule has 0 saturated carbocycles. The molecule has 1 saturated heterocycles. The fraction of sp³-hybridized carbons (Fsp3) is 0.350. The number of rotatable bonds is 6. The van der Waals surface area contributed by atoms with Crippen LogP contribution in [0.15, 0.2) is 59.5 Å². The van der Waals surface area contributed by atoms with Crippen molar-refractivity contribution in [1.82, 2.24) is 9.62 Å². The van der Waals surface area contributed by atoms with Crippen LogP contribution in [0.4, 0.5) is 4.39 Å². The lowest BCUT2D eigenvalue weighted by atomic mass is 10.1. The van der Waals surface area contributed by atoms with Gasteiger partial charge in [0.05, 0.1) is 0 Å². The molecule has 5 nitrogen and oxygen atoms in total. The smallest absolute Gasteiger partial charge is 0.244 e. The van der Waals surface area contributed by atoms with Crippen LogP contribution in [0.5, 0.6) is 0 Å². The molecule has 0 aliphatic carbocycles. The zero-order valence-corrected chi connectivity index (χ0v) is 16.0. The molecule has 3 rings (SSSR count). The van der Waals surface area contributed by atoms with E-state index in [9.17, 15) is 17.6 Å². The van der Waals surface area contributed by atoms with Crippen LogP contribution in [-0.4, -0.2) is 38.4 Å². The molecule has 0 radical (unpaired) electrons. The summed E-state index contributed by atoms with van der Waals surface area (Å²) in [5.74, 6) is -0.733. The molecule has 1 unspecified atom stereocenters. The van der Waals surface area contributed by atoms with Gasteiger partial charge in [-0.25, -0.2) is 12.8 Å². The molecule has 1 aliphatic rings. The maximum absolute atomic E-state index is 14.0. The van der Waals surface area contributed by atoms with E-state index >= 15 is 0 Å². The number of carbonyl (C=O) groups is 1. The highest BCUT2D eigenvalue weighted by atomic mass is 32.2. The first kappa shape index (κ1) is 19.5. The highest BCUT2D eigenvalue weighted by Crippen LogP contribution is 2.19. The molecule has 1 heterocycles. The van der Waals surface area contributed by atoms with Gasteiger partial charge in [-0.2, -0.15) is 4.72 Å². The normalized spacial score (nSPS) is 18.4. The van der Waals surface area contributed by atoms with Gasteiger partial charge in [0.25, 0.3) is 0 Å². The highest BCUT2D eigenvalue weighted by Gasteiger charge is 2.33. The molecule has 2 atom stereocenters. The number of nitrogens with one attached hydrogen (secondary N) is 1. The fourth-order valence-electron chi connectivity index (χ4n) is 3.30. The van der Waals surface area contributed by atoms with Crippen molar-refractivity contribution in [3.05, 3.63) is 66.0 Å². The third-order valence-electron chi connectivity index (χ3n) is 4.74. The molecular weight excluding hydrogens is 367 g/mol. The second kappa shape index (κ2) is 8.19. The molecule has 1 N–H and O–H groups in total. The Morgan fingerprint density at radius 3 is 2.48 bits per heavy atom. The SMILES string of the molecule is CC1CCN(C(=O)[C@H](Cc2ccccc2)NS(=O)(=O)c2ccccc2F)C1. The Morgan fingerprint density at radius 2 is 1.85 bits per heavy atom. The van der Waals surface area contributed by atoms with Crippen molar-refractivity contribution in [2.75, 3.05) is 13.1 Å². The quantitative estimate of drug-likeness (QED) is 0.824. The van der Waals surface area contributed by atoms with Gasteiger partial charge in [-0.1, -0.05) is 49.4 Å². The van der Waals surface area contributed by atoms with Crippen LogP contribution in [0, 0.1) is 11.7 Å².